The Morgan fingerprint density at radius 3 is 2.24 bits per heavy atom. The average molecular weight is 260 g/mol. The van der Waals surface area contributed by atoms with Crippen LogP contribution in [0.4, 0.5) is 0 Å². The summed E-state index contributed by atoms with van der Waals surface area (Å²) in [7, 11) is -3.23. The molecule has 0 radical (unpaired) electrons. The van der Waals surface area contributed by atoms with Crippen LogP contribution in [-0.4, -0.2) is 30.6 Å². The molecule has 2 bridgehead atoms. The van der Waals surface area contributed by atoms with Gasteiger partial charge in [0, 0.05) is 0 Å². The number of hydrogen-bond donors (Lipinski definition) is 1. The summed E-state index contributed by atoms with van der Waals surface area (Å²) in [5.74, 6) is 0.441. The van der Waals surface area contributed by atoms with E-state index in [1.165, 1.54) is 0 Å². The van der Waals surface area contributed by atoms with Crippen molar-refractivity contribution in [1.82, 2.24) is 0 Å². The molecular weight excluding hydrogens is 236 g/mol. The highest BCUT2D eigenvalue weighted by atomic mass is 32.2. The van der Waals surface area contributed by atoms with Crippen LogP contribution in [0.3, 0.4) is 0 Å². The van der Waals surface area contributed by atoms with Gasteiger partial charge in [-0.15, -0.1) is 0 Å². The molecule has 2 atom stereocenters. The van der Waals surface area contributed by atoms with E-state index in [2.05, 4.69) is 27.7 Å². The normalized spacial score (nSPS) is 38.5. The van der Waals surface area contributed by atoms with E-state index in [-0.39, 0.29) is 23.2 Å². The number of aliphatic hydroxyl groups is 1. The smallest absolute Gasteiger partial charge is 0.159 e. The monoisotopic (exact) mass is 260 g/mol. The molecule has 100 valence electrons. The van der Waals surface area contributed by atoms with E-state index in [4.69, 9.17) is 5.11 Å². The maximum absolute atomic E-state index is 12.6. The number of rotatable bonds is 3. The summed E-state index contributed by atoms with van der Waals surface area (Å²) in [6.07, 6.45) is 2.90. The summed E-state index contributed by atoms with van der Waals surface area (Å²) < 4.78 is 24.6. The number of hydrogen-bond acceptors (Lipinski definition) is 3. The highest BCUT2D eigenvalue weighted by molar-refractivity contribution is 7.93. The summed E-state index contributed by atoms with van der Waals surface area (Å²) in [5.41, 5.74) is -0.331. The fraction of sp³-hybridized carbons (Fsp3) is 1.00. The second kappa shape index (κ2) is 3.47. The van der Waals surface area contributed by atoms with Crippen molar-refractivity contribution in [1.29, 1.82) is 0 Å². The Balaban J connectivity index is 2.53. The Hall–Kier alpha value is -0.0900. The first-order valence-electron chi connectivity index (χ1n) is 6.45. The first kappa shape index (κ1) is 13.3. The molecular formula is C13H24O3S. The van der Waals surface area contributed by atoms with E-state index in [0.717, 1.165) is 19.3 Å². The maximum atomic E-state index is 12.6. The second-order valence-corrected chi connectivity index (χ2v) is 9.25. The summed E-state index contributed by atoms with van der Waals surface area (Å²) in [6.45, 7) is 8.09. The minimum absolute atomic E-state index is 0.0907. The van der Waals surface area contributed by atoms with Crippen LogP contribution in [0.5, 0.6) is 0 Å². The third-order valence-electron chi connectivity index (χ3n) is 5.70. The molecule has 0 saturated heterocycles. The van der Waals surface area contributed by atoms with Gasteiger partial charge in [0.15, 0.2) is 9.84 Å². The molecule has 0 spiro atoms. The van der Waals surface area contributed by atoms with Crippen molar-refractivity contribution < 1.29 is 13.5 Å². The van der Waals surface area contributed by atoms with Gasteiger partial charge >= 0.3 is 0 Å². The van der Waals surface area contributed by atoms with Crippen molar-refractivity contribution in [2.24, 2.45) is 16.7 Å². The van der Waals surface area contributed by atoms with Crippen LogP contribution in [0.25, 0.3) is 0 Å². The van der Waals surface area contributed by atoms with E-state index in [0.29, 0.717) is 5.92 Å². The van der Waals surface area contributed by atoms with Crippen LogP contribution in [0.1, 0.15) is 47.0 Å². The molecule has 3 nitrogen and oxygen atoms in total. The van der Waals surface area contributed by atoms with Gasteiger partial charge in [0.05, 0.1) is 17.1 Å². The highest BCUT2D eigenvalue weighted by Crippen LogP contribution is 2.71. The lowest BCUT2D eigenvalue weighted by atomic mass is 9.41. The Labute approximate surface area is 105 Å². The molecule has 0 aromatic carbocycles. The summed E-state index contributed by atoms with van der Waals surface area (Å²) in [6, 6.07) is 0. The van der Waals surface area contributed by atoms with E-state index in [9.17, 15) is 8.42 Å². The minimum Gasteiger partial charge on any atom is -0.395 e. The Kier molecular flexibility index (Phi) is 2.73. The number of fused-ring (bicyclic) bond motifs is 2. The summed E-state index contributed by atoms with van der Waals surface area (Å²) in [4.78, 5) is 0. The van der Waals surface area contributed by atoms with E-state index >= 15 is 0 Å². The zero-order valence-electron chi connectivity index (χ0n) is 11.3. The molecule has 0 aromatic rings. The standard InChI is InChI=1S/C13H24O3S/c1-11(2)6-5-10-9-13(11,12(10,3)4)17(15,16)8-7-14/h10,14H,5-9H2,1-4H3. The fourth-order valence-electron chi connectivity index (χ4n) is 4.66. The summed E-state index contributed by atoms with van der Waals surface area (Å²) in [5, 5.41) is 9.03. The van der Waals surface area contributed by atoms with Crippen molar-refractivity contribution in [2.45, 2.75) is 51.7 Å². The second-order valence-electron chi connectivity index (χ2n) is 6.91. The molecule has 0 heterocycles. The Morgan fingerprint density at radius 1 is 1.24 bits per heavy atom. The van der Waals surface area contributed by atoms with Crippen LogP contribution in [0, 0.1) is 16.7 Å². The van der Waals surface area contributed by atoms with Gasteiger partial charge in [-0.3, -0.25) is 0 Å². The number of aliphatic hydroxyl groups excluding tert-OH is 1. The predicted molar refractivity (Wildman–Crippen MR) is 68.5 cm³/mol. The molecule has 4 heteroatoms. The molecule has 1 N–H and O–H groups in total. The third kappa shape index (κ3) is 1.34. The maximum Gasteiger partial charge on any atom is 0.159 e. The van der Waals surface area contributed by atoms with Gasteiger partial charge in [0.1, 0.15) is 0 Å². The predicted octanol–water partition coefficient (Wildman–Crippen LogP) is 2.00. The van der Waals surface area contributed by atoms with Crippen molar-refractivity contribution in [2.75, 3.05) is 12.4 Å². The molecule has 0 aromatic heterocycles. The van der Waals surface area contributed by atoms with Crippen molar-refractivity contribution in [3.63, 3.8) is 0 Å². The van der Waals surface area contributed by atoms with Gasteiger partial charge in [-0.25, -0.2) is 8.42 Å². The fourth-order valence-corrected chi connectivity index (χ4v) is 7.61. The van der Waals surface area contributed by atoms with Crippen LogP contribution in [-0.2, 0) is 9.84 Å². The van der Waals surface area contributed by atoms with E-state index < -0.39 is 14.6 Å². The molecule has 3 saturated carbocycles. The first-order valence-corrected chi connectivity index (χ1v) is 8.11. The zero-order valence-corrected chi connectivity index (χ0v) is 12.1. The van der Waals surface area contributed by atoms with Crippen LogP contribution in [0.2, 0.25) is 0 Å². The molecule has 3 aliphatic rings. The third-order valence-corrected chi connectivity index (χ3v) is 8.72. The van der Waals surface area contributed by atoms with Crippen LogP contribution < -0.4 is 0 Å². The van der Waals surface area contributed by atoms with Gasteiger partial charge < -0.3 is 5.11 Å². The molecule has 17 heavy (non-hydrogen) atoms. The largest absolute Gasteiger partial charge is 0.395 e. The van der Waals surface area contributed by atoms with Crippen molar-refractivity contribution in [3.05, 3.63) is 0 Å². The summed E-state index contributed by atoms with van der Waals surface area (Å²) >= 11 is 0. The van der Waals surface area contributed by atoms with Crippen LogP contribution >= 0.6 is 0 Å². The molecule has 0 aliphatic heterocycles. The van der Waals surface area contributed by atoms with Gasteiger partial charge in [-0.05, 0) is 36.0 Å². The molecule has 3 fully saturated rings. The van der Waals surface area contributed by atoms with Crippen molar-refractivity contribution in [3.8, 4) is 0 Å². The molecule has 2 unspecified atom stereocenters. The minimum atomic E-state index is -3.23. The van der Waals surface area contributed by atoms with Gasteiger partial charge in [0.25, 0.3) is 0 Å². The van der Waals surface area contributed by atoms with Gasteiger partial charge in [0.2, 0.25) is 0 Å². The first-order chi connectivity index (χ1) is 7.62. The average Bonchev–Trinajstić information content (AvgIpc) is 2.14. The Bertz CT molecular complexity index is 412. The number of sulfone groups is 1. The highest BCUT2D eigenvalue weighted by Gasteiger charge is 2.74. The van der Waals surface area contributed by atoms with Crippen LogP contribution in [0.15, 0.2) is 0 Å². The van der Waals surface area contributed by atoms with Crippen molar-refractivity contribution >= 4 is 9.84 Å². The topological polar surface area (TPSA) is 54.4 Å². The lowest BCUT2D eigenvalue weighted by Crippen LogP contribution is -2.74. The quantitative estimate of drug-likeness (QED) is 0.844. The van der Waals surface area contributed by atoms with Gasteiger partial charge in [-0.1, -0.05) is 27.7 Å². The van der Waals surface area contributed by atoms with E-state index in [1.807, 2.05) is 0 Å². The van der Waals surface area contributed by atoms with E-state index in [1.54, 1.807) is 0 Å². The SMILES string of the molecule is CC1(C)CCC2CC1(S(=O)(=O)CCO)C2(C)C. The lowest BCUT2D eigenvalue weighted by molar-refractivity contribution is -0.117. The Morgan fingerprint density at radius 2 is 1.82 bits per heavy atom. The lowest BCUT2D eigenvalue weighted by Gasteiger charge is -2.71. The molecule has 3 rings (SSSR count). The molecule has 3 aliphatic carbocycles. The zero-order chi connectivity index (χ0) is 13.1. The van der Waals surface area contributed by atoms with Gasteiger partial charge in [-0.2, -0.15) is 0 Å². The molecule has 0 amide bonds.